The van der Waals surface area contributed by atoms with Gasteiger partial charge in [-0.05, 0) is 43.0 Å². The lowest BCUT2D eigenvalue weighted by Gasteiger charge is -2.19. The Hall–Kier alpha value is -3.38. The topological polar surface area (TPSA) is 59.8 Å². The third-order valence-electron chi connectivity index (χ3n) is 5.51. The summed E-state index contributed by atoms with van der Waals surface area (Å²) in [5.41, 5.74) is 5.03. The molecule has 0 saturated carbocycles. The first kappa shape index (κ1) is 22.8. The first-order valence-corrected chi connectivity index (χ1v) is 12.0. The van der Waals surface area contributed by atoms with Gasteiger partial charge in [0.05, 0.1) is 5.25 Å². The number of hydrogen-bond donors (Lipinski definition) is 1. The second-order valence-corrected chi connectivity index (χ2v) is 9.59. The molecular formula is C27H28N4OS. The molecule has 0 radical (unpaired) electrons. The fraction of sp³-hybridized carbons (Fsp3) is 0.222. The average molecular weight is 457 g/mol. The zero-order valence-corrected chi connectivity index (χ0v) is 20.1. The van der Waals surface area contributed by atoms with Gasteiger partial charge in [-0.2, -0.15) is 0 Å². The molecule has 0 aliphatic rings. The number of anilines is 1. The lowest BCUT2D eigenvalue weighted by molar-refractivity contribution is -0.115. The minimum absolute atomic E-state index is 0.0555. The first-order valence-electron chi connectivity index (χ1n) is 11.1. The van der Waals surface area contributed by atoms with Crippen LogP contribution in [0.2, 0.25) is 0 Å². The van der Waals surface area contributed by atoms with Gasteiger partial charge in [-0.3, -0.25) is 9.36 Å². The molecule has 3 aromatic carbocycles. The van der Waals surface area contributed by atoms with E-state index in [9.17, 15) is 4.79 Å². The number of thioether (sulfide) groups is 1. The summed E-state index contributed by atoms with van der Waals surface area (Å²) in [5.74, 6) is 1.01. The Morgan fingerprint density at radius 2 is 1.55 bits per heavy atom. The van der Waals surface area contributed by atoms with Crippen molar-refractivity contribution in [1.29, 1.82) is 0 Å². The summed E-state index contributed by atoms with van der Waals surface area (Å²) in [6.45, 7) is 8.20. The highest BCUT2D eigenvalue weighted by Crippen LogP contribution is 2.32. The summed E-state index contributed by atoms with van der Waals surface area (Å²) >= 11 is 1.41. The number of nitrogens with one attached hydrogen (secondary N) is 1. The van der Waals surface area contributed by atoms with Crippen molar-refractivity contribution in [2.75, 3.05) is 5.32 Å². The standard InChI is InChI=1S/C27H28N4OS/c1-18(2)23-17-11-12-19(3)24(23)28-26(32)20(4)33-27-30-29-25(21-13-7-5-8-14-21)31(27)22-15-9-6-10-16-22/h5-18,20H,1-4H3,(H,28,32). The van der Waals surface area contributed by atoms with Crippen LogP contribution in [0, 0.1) is 6.92 Å². The fourth-order valence-electron chi connectivity index (χ4n) is 3.71. The van der Waals surface area contributed by atoms with Gasteiger partial charge < -0.3 is 5.32 Å². The number of amides is 1. The smallest absolute Gasteiger partial charge is 0.237 e. The van der Waals surface area contributed by atoms with E-state index in [1.54, 1.807) is 0 Å². The normalized spacial score (nSPS) is 12.0. The van der Waals surface area contributed by atoms with Gasteiger partial charge in [-0.15, -0.1) is 10.2 Å². The molecule has 6 heteroatoms. The number of benzene rings is 3. The molecule has 0 aliphatic heterocycles. The maximum absolute atomic E-state index is 13.2. The number of carbonyl (C=O) groups excluding carboxylic acids is 1. The molecular weight excluding hydrogens is 428 g/mol. The zero-order chi connectivity index (χ0) is 23.4. The minimum atomic E-state index is -0.361. The van der Waals surface area contributed by atoms with Crippen molar-refractivity contribution >= 4 is 23.4 Å². The number of para-hydroxylation sites is 2. The summed E-state index contributed by atoms with van der Waals surface area (Å²) < 4.78 is 2.01. The molecule has 0 saturated heterocycles. The SMILES string of the molecule is Cc1cccc(C(C)C)c1NC(=O)C(C)Sc1nnc(-c2ccccc2)n1-c1ccccc1. The van der Waals surface area contributed by atoms with Crippen molar-refractivity contribution in [3.05, 3.63) is 90.0 Å². The Labute approximate surface area is 199 Å². The van der Waals surface area contributed by atoms with Gasteiger partial charge >= 0.3 is 0 Å². The van der Waals surface area contributed by atoms with Crippen LogP contribution < -0.4 is 5.32 Å². The van der Waals surface area contributed by atoms with Gasteiger partial charge in [0.25, 0.3) is 0 Å². The first-order chi connectivity index (χ1) is 16.0. The Bertz CT molecular complexity index is 1240. The van der Waals surface area contributed by atoms with E-state index in [1.165, 1.54) is 11.8 Å². The molecule has 5 nitrogen and oxygen atoms in total. The van der Waals surface area contributed by atoms with Crippen LogP contribution in [0.15, 0.2) is 84.0 Å². The summed E-state index contributed by atoms with van der Waals surface area (Å²) in [5, 5.41) is 12.4. The van der Waals surface area contributed by atoms with Gasteiger partial charge in [0, 0.05) is 16.9 Å². The zero-order valence-electron chi connectivity index (χ0n) is 19.3. The molecule has 4 rings (SSSR count). The predicted molar refractivity (Wildman–Crippen MR) is 136 cm³/mol. The molecule has 0 fully saturated rings. The van der Waals surface area contributed by atoms with E-state index in [4.69, 9.17) is 0 Å². The average Bonchev–Trinajstić information content (AvgIpc) is 3.24. The predicted octanol–water partition coefficient (Wildman–Crippen LogP) is 6.49. The Morgan fingerprint density at radius 1 is 0.879 bits per heavy atom. The maximum atomic E-state index is 13.2. The van der Waals surface area contributed by atoms with Crippen LogP contribution in [-0.2, 0) is 4.79 Å². The van der Waals surface area contributed by atoms with Gasteiger partial charge in [0.15, 0.2) is 11.0 Å². The van der Waals surface area contributed by atoms with E-state index in [0.29, 0.717) is 11.1 Å². The van der Waals surface area contributed by atoms with Crippen molar-refractivity contribution in [3.63, 3.8) is 0 Å². The van der Waals surface area contributed by atoms with Crippen LogP contribution >= 0.6 is 11.8 Å². The van der Waals surface area contributed by atoms with E-state index in [2.05, 4.69) is 35.4 Å². The third kappa shape index (κ3) is 5.01. The van der Waals surface area contributed by atoms with Crippen molar-refractivity contribution in [2.24, 2.45) is 0 Å². The molecule has 0 bridgehead atoms. The summed E-state index contributed by atoms with van der Waals surface area (Å²) in [6.07, 6.45) is 0. The molecule has 0 spiro atoms. The lowest BCUT2D eigenvalue weighted by Crippen LogP contribution is -2.24. The van der Waals surface area contributed by atoms with Gasteiger partial charge in [-0.1, -0.05) is 92.3 Å². The largest absolute Gasteiger partial charge is 0.325 e. The second kappa shape index (κ2) is 10.0. The lowest BCUT2D eigenvalue weighted by atomic mass is 9.98. The molecule has 0 aliphatic carbocycles. The third-order valence-corrected chi connectivity index (χ3v) is 6.55. The highest BCUT2D eigenvalue weighted by molar-refractivity contribution is 8.00. The van der Waals surface area contributed by atoms with Crippen LogP contribution in [0.3, 0.4) is 0 Å². The maximum Gasteiger partial charge on any atom is 0.237 e. The molecule has 168 valence electrons. The molecule has 1 heterocycles. The second-order valence-electron chi connectivity index (χ2n) is 8.29. The van der Waals surface area contributed by atoms with Gasteiger partial charge in [0.1, 0.15) is 0 Å². The molecule has 1 N–H and O–H groups in total. The number of carbonyl (C=O) groups is 1. The quantitative estimate of drug-likeness (QED) is 0.323. The number of hydrogen-bond acceptors (Lipinski definition) is 4. The molecule has 1 aromatic heterocycles. The van der Waals surface area contributed by atoms with Crippen molar-refractivity contribution < 1.29 is 4.79 Å². The van der Waals surface area contributed by atoms with Crippen molar-refractivity contribution in [2.45, 2.75) is 44.0 Å². The molecule has 33 heavy (non-hydrogen) atoms. The number of aromatic nitrogens is 3. The summed E-state index contributed by atoms with van der Waals surface area (Å²) in [6, 6.07) is 26.1. The van der Waals surface area contributed by atoms with E-state index < -0.39 is 0 Å². The van der Waals surface area contributed by atoms with Crippen molar-refractivity contribution in [1.82, 2.24) is 14.8 Å². The summed E-state index contributed by atoms with van der Waals surface area (Å²) in [7, 11) is 0. The summed E-state index contributed by atoms with van der Waals surface area (Å²) in [4.78, 5) is 13.2. The Balaban J connectivity index is 1.63. The van der Waals surface area contributed by atoms with E-state index in [0.717, 1.165) is 33.9 Å². The van der Waals surface area contributed by atoms with Gasteiger partial charge in [0.2, 0.25) is 5.91 Å². The van der Waals surface area contributed by atoms with E-state index in [1.807, 2.05) is 91.2 Å². The van der Waals surface area contributed by atoms with E-state index >= 15 is 0 Å². The molecule has 1 atom stereocenters. The van der Waals surface area contributed by atoms with Crippen molar-refractivity contribution in [3.8, 4) is 17.1 Å². The van der Waals surface area contributed by atoms with Gasteiger partial charge in [-0.25, -0.2) is 0 Å². The molecule has 1 amide bonds. The highest BCUT2D eigenvalue weighted by atomic mass is 32.2. The number of aryl methyl sites for hydroxylation is 1. The fourth-order valence-corrected chi connectivity index (χ4v) is 4.58. The highest BCUT2D eigenvalue weighted by Gasteiger charge is 2.23. The van der Waals surface area contributed by atoms with Crippen LogP contribution in [0.1, 0.15) is 37.8 Å². The number of rotatable bonds is 7. The minimum Gasteiger partial charge on any atom is -0.325 e. The Morgan fingerprint density at radius 3 is 2.21 bits per heavy atom. The number of nitrogens with zero attached hydrogens (tertiary/aromatic N) is 3. The monoisotopic (exact) mass is 456 g/mol. The van der Waals surface area contributed by atoms with Crippen LogP contribution in [0.5, 0.6) is 0 Å². The Kier molecular flexibility index (Phi) is 6.94. The van der Waals surface area contributed by atoms with Crippen LogP contribution in [0.25, 0.3) is 17.1 Å². The van der Waals surface area contributed by atoms with Crippen LogP contribution in [-0.4, -0.2) is 25.9 Å². The van der Waals surface area contributed by atoms with E-state index in [-0.39, 0.29) is 11.2 Å². The van der Waals surface area contributed by atoms with Crippen LogP contribution in [0.4, 0.5) is 5.69 Å². The molecule has 1 unspecified atom stereocenters. The molecule has 4 aromatic rings.